The lowest BCUT2D eigenvalue weighted by Crippen LogP contribution is -2.36. The van der Waals surface area contributed by atoms with Crippen LogP contribution in [0.15, 0.2) is 10.2 Å². The minimum absolute atomic E-state index is 0.0255. The molecule has 0 aliphatic carbocycles. The number of allylic oxidation sites excluding steroid dienone is 2. The molecule has 0 N–H and O–H groups in total. The zero-order valence-corrected chi connectivity index (χ0v) is 10.6. The molecule has 4 nitrogen and oxygen atoms in total. The number of hydrogen-bond donors (Lipinski definition) is 0. The number of ether oxygens (including phenoxy) is 2. The fourth-order valence-electron chi connectivity index (χ4n) is 1.52. The summed E-state index contributed by atoms with van der Waals surface area (Å²) >= 11 is 3.20. The third-order valence-corrected chi connectivity index (χ3v) is 2.88. The normalized spacial score (nSPS) is 27.0. The molecule has 86 valence electrons. The van der Waals surface area contributed by atoms with Crippen molar-refractivity contribution in [2.45, 2.75) is 19.8 Å². The maximum atomic E-state index is 11.7. The van der Waals surface area contributed by atoms with E-state index in [1.165, 1.54) is 7.11 Å². The van der Waals surface area contributed by atoms with Gasteiger partial charge < -0.3 is 9.47 Å². The van der Waals surface area contributed by atoms with Crippen LogP contribution in [0.4, 0.5) is 0 Å². The first kappa shape index (κ1) is 12.8. The Hall–Kier alpha value is -1.28. The van der Waals surface area contributed by atoms with Crippen LogP contribution in [0.25, 0.3) is 0 Å². The minimum Gasteiger partial charge on any atom is -0.468 e. The predicted molar refractivity (Wildman–Crippen MR) is 60.2 cm³/mol. The average molecular weight is 287 g/mol. The zero-order valence-electron chi connectivity index (χ0n) is 9.00. The van der Waals surface area contributed by atoms with Crippen LogP contribution in [-0.2, 0) is 19.1 Å². The van der Waals surface area contributed by atoms with Gasteiger partial charge in [0.05, 0.1) is 7.11 Å². The van der Waals surface area contributed by atoms with E-state index < -0.39 is 17.4 Å². The van der Waals surface area contributed by atoms with Crippen LogP contribution >= 0.6 is 15.9 Å². The number of cyclic esters (lactones) is 1. The molecule has 0 bridgehead atoms. The first-order chi connectivity index (χ1) is 7.47. The third-order valence-electron chi connectivity index (χ3n) is 2.43. The highest BCUT2D eigenvalue weighted by Gasteiger charge is 2.54. The van der Waals surface area contributed by atoms with E-state index in [1.54, 1.807) is 6.92 Å². The van der Waals surface area contributed by atoms with Gasteiger partial charge in [-0.3, -0.25) is 9.59 Å². The molecule has 0 aromatic heterocycles. The van der Waals surface area contributed by atoms with Crippen molar-refractivity contribution in [1.29, 1.82) is 0 Å². The number of hydrogen-bond acceptors (Lipinski definition) is 4. The van der Waals surface area contributed by atoms with Gasteiger partial charge in [-0.2, -0.15) is 0 Å². The Morgan fingerprint density at radius 2 is 2.38 bits per heavy atom. The molecule has 1 unspecified atom stereocenters. The second kappa shape index (κ2) is 4.71. The van der Waals surface area contributed by atoms with Gasteiger partial charge in [-0.15, -0.1) is 12.3 Å². The van der Waals surface area contributed by atoms with Gasteiger partial charge in [0.2, 0.25) is 0 Å². The Labute approximate surface area is 102 Å². The van der Waals surface area contributed by atoms with Crippen molar-refractivity contribution in [3.63, 3.8) is 0 Å². The molecule has 0 saturated carbocycles. The van der Waals surface area contributed by atoms with Crippen LogP contribution in [0.2, 0.25) is 0 Å². The van der Waals surface area contributed by atoms with Crippen molar-refractivity contribution in [2.75, 3.05) is 7.11 Å². The zero-order chi connectivity index (χ0) is 12.3. The SMILES string of the molecule is C#CCC1(C(=O)OC)C/C(=C(\C)Br)OC1=O. The summed E-state index contributed by atoms with van der Waals surface area (Å²) < 4.78 is 10.3. The highest BCUT2D eigenvalue weighted by atomic mass is 79.9. The van der Waals surface area contributed by atoms with E-state index in [1.807, 2.05) is 0 Å². The van der Waals surface area contributed by atoms with Gasteiger partial charge in [-0.25, -0.2) is 0 Å². The summed E-state index contributed by atoms with van der Waals surface area (Å²) in [6.45, 7) is 1.73. The molecule has 0 aromatic carbocycles. The van der Waals surface area contributed by atoms with Crippen LogP contribution in [0.1, 0.15) is 19.8 Å². The lowest BCUT2D eigenvalue weighted by atomic mass is 9.82. The van der Waals surface area contributed by atoms with Crippen LogP contribution in [-0.4, -0.2) is 19.0 Å². The molecule has 1 heterocycles. The highest BCUT2D eigenvalue weighted by Crippen LogP contribution is 2.42. The van der Waals surface area contributed by atoms with Crippen molar-refractivity contribution in [3.05, 3.63) is 10.2 Å². The first-order valence-electron chi connectivity index (χ1n) is 4.57. The lowest BCUT2D eigenvalue weighted by Gasteiger charge is -2.17. The Morgan fingerprint density at radius 3 is 2.75 bits per heavy atom. The monoisotopic (exact) mass is 286 g/mol. The molecule has 0 radical (unpaired) electrons. The summed E-state index contributed by atoms with van der Waals surface area (Å²) in [6, 6.07) is 0. The maximum Gasteiger partial charge on any atom is 0.330 e. The van der Waals surface area contributed by atoms with Gasteiger partial charge in [0.15, 0.2) is 5.41 Å². The number of methoxy groups -OCH3 is 1. The van der Waals surface area contributed by atoms with E-state index in [2.05, 4.69) is 26.6 Å². The topological polar surface area (TPSA) is 52.6 Å². The van der Waals surface area contributed by atoms with E-state index in [9.17, 15) is 9.59 Å². The number of terminal acetylenes is 1. The molecule has 0 amide bonds. The van der Waals surface area contributed by atoms with E-state index in [4.69, 9.17) is 11.2 Å². The largest absolute Gasteiger partial charge is 0.468 e. The Morgan fingerprint density at radius 1 is 1.75 bits per heavy atom. The van der Waals surface area contributed by atoms with Crippen LogP contribution in [0.3, 0.4) is 0 Å². The number of esters is 2. The summed E-state index contributed by atoms with van der Waals surface area (Å²) in [5.41, 5.74) is -1.38. The van der Waals surface area contributed by atoms with E-state index >= 15 is 0 Å². The van der Waals surface area contributed by atoms with Gasteiger partial charge in [0.25, 0.3) is 0 Å². The minimum atomic E-state index is -1.38. The molecular formula is C11H11BrO4. The molecule has 16 heavy (non-hydrogen) atoms. The van der Waals surface area contributed by atoms with Crippen LogP contribution in [0.5, 0.6) is 0 Å². The van der Waals surface area contributed by atoms with Gasteiger partial charge in [-0.05, 0) is 6.92 Å². The van der Waals surface area contributed by atoms with E-state index in [0.717, 1.165) is 0 Å². The second-order valence-corrected chi connectivity index (χ2v) is 4.67. The molecular weight excluding hydrogens is 276 g/mol. The summed E-state index contributed by atoms with van der Waals surface area (Å²) in [5, 5.41) is 0. The standard InChI is InChI=1S/C11H11BrO4/c1-4-5-11(9(13)15-3)6-8(7(2)12)16-10(11)14/h1H,5-6H2,2-3H3/b8-7-. The van der Waals surface area contributed by atoms with Crippen molar-refractivity contribution < 1.29 is 19.1 Å². The number of carbonyl (C=O) groups is 2. The number of halogens is 1. The molecule has 5 heteroatoms. The number of carbonyl (C=O) groups excluding carboxylic acids is 2. The quantitative estimate of drug-likeness (QED) is 0.441. The Bertz CT molecular complexity index is 401. The summed E-state index contributed by atoms with van der Waals surface area (Å²) in [7, 11) is 1.22. The van der Waals surface area contributed by atoms with Crippen molar-refractivity contribution in [1.82, 2.24) is 0 Å². The molecule has 1 aliphatic heterocycles. The molecule has 0 aromatic rings. The van der Waals surface area contributed by atoms with Gasteiger partial charge in [0, 0.05) is 17.3 Å². The molecule has 1 rings (SSSR count). The fraction of sp³-hybridized carbons (Fsp3) is 0.455. The van der Waals surface area contributed by atoms with Crippen molar-refractivity contribution >= 4 is 27.9 Å². The highest BCUT2D eigenvalue weighted by molar-refractivity contribution is 9.11. The Kier molecular flexibility index (Phi) is 3.76. The Balaban J connectivity index is 3.15. The molecule has 0 spiro atoms. The predicted octanol–water partition coefficient (Wildman–Crippen LogP) is 1.74. The van der Waals surface area contributed by atoms with Crippen molar-refractivity contribution in [2.24, 2.45) is 5.41 Å². The fourth-order valence-corrected chi connectivity index (χ4v) is 1.74. The lowest BCUT2D eigenvalue weighted by molar-refractivity contribution is -0.162. The van der Waals surface area contributed by atoms with Crippen LogP contribution in [0, 0.1) is 17.8 Å². The maximum absolute atomic E-state index is 11.7. The summed E-state index contributed by atoms with van der Waals surface area (Å²) in [6.07, 6.45) is 5.29. The second-order valence-electron chi connectivity index (χ2n) is 3.48. The summed E-state index contributed by atoms with van der Waals surface area (Å²) in [5.74, 6) is 1.44. The third kappa shape index (κ3) is 1.98. The average Bonchev–Trinajstić information content (AvgIpc) is 2.57. The van der Waals surface area contributed by atoms with Gasteiger partial charge >= 0.3 is 11.9 Å². The van der Waals surface area contributed by atoms with Crippen molar-refractivity contribution in [3.8, 4) is 12.3 Å². The molecule has 1 aliphatic rings. The molecule has 1 atom stereocenters. The molecule has 1 saturated heterocycles. The first-order valence-corrected chi connectivity index (χ1v) is 5.36. The smallest absolute Gasteiger partial charge is 0.330 e. The van der Waals surface area contributed by atoms with E-state index in [0.29, 0.717) is 10.2 Å². The van der Waals surface area contributed by atoms with Gasteiger partial charge in [-0.1, -0.05) is 15.9 Å². The van der Waals surface area contributed by atoms with Crippen LogP contribution < -0.4 is 0 Å². The number of rotatable bonds is 2. The summed E-state index contributed by atoms with van der Waals surface area (Å²) in [4.78, 5) is 23.4. The van der Waals surface area contributed by atoms with E-state index in [-0.39, 0.29) is 12.8 Å². The molecule has 1 fully saturated rings. The van der Waals surface area contributed by atoms with Gasteiger partial charge in [0.1, 0.15) is 5.76 Å².